The van der Waals surface area contributed by atoms with E-state index in [2.05, 4.69) is 36.9 Å². The zero-order valence-electron chi connectivity index (χ0n) is 48.4. The Kier molecular flexibility index (Phi) is 16.9. The van der Waals surface area contributed by atoms with E-state index in [0.717, 1.165) is 4.90 Å². The number of amides is 7. The number of rotatable bonds is 9. The highest BCUT2D eigenvalue weighted by Gasteiger charge is 2.40. The third-order valence-electron chi connectivity index (χ3n) is 16.0. The summed E-state index contributed by atoms with van der Waals surface area (Å²) >= 11 is 0. The topological polar surface area (TPSA) is 339 Å². The van der Waals surface area contributed by atoms with E-state index in [1.165, 1.54) is 110 Å². The van der Waals surface area contributed by atoms with E-state index in [9.17, 15) is 30.0 Å². The van der Waals surface area contributed by atoms with Crippen LogP contribution in [0.3, 0.4) is 0 Å². The molecule has 0 radical (unpaired) electrons. The zero-order chi connectivity index (χ0) is 62.8. The highest BCUT2D eigenvalue weighted by molar-refractivity contribution is 6.00. The molecule has 7 aromatic carbocycles. The third-order valence-corrected chi connectivity index (χ3v) is 16.0. The molecule has 0 fully saturated rings. The SMILES string of the molecule is CN(C)CCCNC(=O)[C@@H]1NC(=O)[C@@H]2Cc3ccc(cc3)Oc3cc4cc(c3O)-c3ccc5c(c[nH]c5c3)C[C@@H](NC(=O)C(N)c3ccc(O)cc3)C(=O)N[C@H](c3ccc(O)cc3)C(=O)N[C@H]4C(=O)N[C@@H](C(=O)N2C)c2ccc(cc2)Oc2cc1ccc2O. The van der Waals surface area contributed by atoms with Gasteiger partial charge in [-0.05, 0) is 150 Å². The summed E-state index contributed by atoms with van der Waals surface area (Å²) in [6, 6.07) is 25.0. The number of benzene rings is 7. The summed E-state index contributed by atoms with van der Waals surface area (Å²) < 4.78 is 12.7. The third kappa shape index (κ3) is 13.0. The number of likely N-dealkylation sites (N-methyl/N-ethyl adjacent to an activating group) is 1. The van der Waals surface area contributed by atoms with Gasteiger partial charge in [-0.3, -0.25) is 33.6 Å². The second-order valence-corrected chi connectivity index (χ2v) is 22.4. The van der Waals surface area contributed by atoms with Crippen molar-refractivity contribution in [1.29, 1.82) is 0 Å². The first-order valence-electron chi connectivity index (χ1n) is 28.6. The fraction of sp³-hybridized carbons (Fsp3) is 0.227. The van der Waals surface area contributed by atoms with Crippen LogP contribution in [0.15, 0.2) is 152 Å². The maximum atomic E-state index is 15.8. The van der Waals surface area contributed by atoms with E-state index in [1.54, 1.807) is 48.7 Å². The largest absolute Gasteiger partial charge is 0.508 e. The van der Waals surface area contributed by atoms with Crippen molar-refractivity contribution in [3.8, 4) is 57.1 Å². The summed E-state index contributed by atoms with van der Waals surface area (Å²) in [5.41, 5.74) is 9.44. The molecule has 8 aromatic rings. The minimum absolute atomic E-state index is 0.00240. The standard InChI is InChI=1S/C66H64N10O13/c1-75(2)26-4-25-68-63(84)56-39-14-24-51(79)52(31-39)88-45-21-11-37(12-22-45)58-66(87)76(3)50(61(82)72-56)27-34-5-19-44(20-6-34)89-53-32-40-28-47(59(53)80)38-13-23-46-41(33-69-48(46)29-38)30-49(70-62(83)54(67)35-7-15-42(77)16-8-35)60(81)71-55(36-9-17-43(78)18-10-36)64(85)73-57(40)65(86)74-58/h5-24,28-29,31-33,49-50,54-58,69,77-80H,4,25-27,30,67H2,1-3H3,(H,68,84)(H,70,83)(H,71,81)(H,72,82)(H,73,85)(H,74,86)/t49-,50+,54?,55-,56-,57-,58-/m1/s1. The predicted molar refractivity (Wildman–Crippen MR) is 325 cm³/mol. The number of nitrogens with one attached hydrogen (secondary N) is 7. The van der Waals surface area contributed by atoms with Gasteiger partial charge in [0.2, 0.25) is 41.4 Å². The van der Waals surface area contributed by atoms with E-state index < -0.39 is 83.6 Å². The van der Waals surface area contributed by atoms with Gasteiger partial charge in [0, 0.05) is 49.1 Å². The van der Waals surface area contributed by atoms with Crippen LogP contribution in [0, 0.1) is 0 Å². The minimum Gasteiger partial charge on any atom is -0.508 e. The Balaban J connectivity index is 1.05. The fourth-order valence-electron chi connectivity index (χ4n) is 11.1. The van der Waals surface area contributed by atoms with Crippen LogP contribution in [0.1, 0.15) is 75.6 Å². The molecule has 0 saturated carbocycles. The molecule has 456 valence electrons. The van der Waals surface area contributed by atoms with Crippen LogP contribution >= 0.6 is 0 Å². The number of carbonyl (C=O) groups excluding carboxylic acids is 7. The predicted octanol–water partition coefficient (Wildman–Crippen LogP) is 5.48. The maximum absolute atomic E-state index is 15.8. The van der Waals surface area contributed by atoms with E-state index in [1.807, 2.05) is 19.0 Å². The minimum atomic E-state index is -1.84. The lowest BCUT2D eigenvalue weighted by atomic mass is 9.94. The number of ether oxygens (including phenoxy) is 2. The van der Waals surface area contributed by atoms with Gasteiger partial charge in [-0.1, -0.05) is 66.7 Å². The van der Waals surface area contributed by atoms with Crippen LogP contribution in [0.4, 0.5) is 0 Å². The van der Waals surface area contributed by atoms with E-state index >= 15 is 24.0 Å². The molecule has 0 saturated heterocycles. The molecule has 23 heteroatoms. The summed E-state index contributed by atoms with van der Waals surface area (Å²) in [7, 11) is 5.18. The van der Waals surface area contributed by atoms with Crippen molar-refractivity contribution in [3.63, 3.8) is 0 Å². The molecule has 0 aliphatic carbocycles. The van der Waals surface area contributed by atoms with Crippen LogP contribution in [-0.4, -0.2) is 123 Å². The highest BCUT2D eigenvalue weighted by Crippen LogP contribution is 2.44. The smallest absolute Gasteiger partial charge is 0.250 e. The molecule has 7 atom stereocenters. The Hall–Kier alpha value is -10.9. The van der Waals surface area contributed by atoms with Gasteiger partial charge in [0.1, 0.15) is 65.3 Å². The molecule has 6 aliphatic rings. The molecule has 6 aliphatic heterocycles. The van der Waals surface area contributed by atoms with Gasteiger partial charge in [0.05, 0.1) is 0 Å². The van der Waals surface area contributed by atoms with Crippen LogP contribution in [0.25, 0.3) is 22.0 Å². The number of aromatic amines is 1. The molecular formula is C66H64N10O13. The Morgan fingerprint density at radius 1 is 0.652 bits per heavy atom. The number of phenolic OH excluding ortho intramolecular Hbond substituents is 4. The molecule has 7 amide bonds. The highest BCUT2D eigenvalue weighted by atomic mass is 16.5. The molecule has 13 N–H and O–H groups in total. The number of aromatic nitrogens is 1. The quantitative estimate of drug-likeness (QED) is 0.0797. The number of aromatic hydroxyl groups is 4. The first-order chi connectivity index (χ1) is 42.7. The van der Waals surface area contributed by atoms with Gasteiger partial charge in [-0.2, -0.15) is 0 Å². The number of nitrogens with two attached hydrogens (primary N) is 1. The maximum Gasteiger partial charge on any atom is 0.250 e. The van der Waals surface area contributed by atoms with Gasteiger partial charge in [0.25, 0.3) is 0 Å². The molecule has 1 unspecified atom stereocenters. The zero-order valence-corrected chi connectivity index (χ0v) is 48.4. The van der Waals surface area contributed by atoms with Gasteiger partial charge < -0.3 is 82.3 Å². The van der Waals surface area contributed by atoms with Crippen molar-refractivity contribution in [2.24, 2.45) is 5.73 Å². The Morgan fingerprint density at radius 2 is 1.25 bits per heavy atom. The van der Waals surface area contributed by atoms with Crippen LogP contribution in [0.5, 0.6) is 46.0 Å². The Morgan fingerprint density at radius 3 is 1.94 bits per heavy atom. The monoisotopic (exact) mass is 1200 g/mol. The first kappa shape index (κ1) is 59.8. The second-order valence-electron chi connectivity index (χ2n) is 22.4. The van der Waals surface area contributed by atoms with Gasteiger partial charge in [-0.15, -0.1) is 0 Å². The van der Waals surface area contributed by atoms with Gasteiger partial charge >= 0.3 is 0 Å². The number of H-pyrrole nitrogens is 1. The lowest BCUT2D eigenvalue weighted by Gasteiger charge is -2.33. The number of nitrogens with zero attached hydrogens (tertiary/aromatic N) is 2. The average molecular weight is 1210 g/mol. The summed E-state index contributed by atoms with van der Waals surface area (Å²) in [5, 5.41) is 61.5. The molecule has 14 rings (SSSR count). The Labute approximate surface area is 509 Å². The molecule has 7 heterocycles. The van der Waals surface area contributed by atoms with E-state index in [-0.39, 0.29) is 93.2 Å². The fourth-order valence-corrected chi connectivity index (χ4v) is 11.1. The van der Waals surface area contributed by atoms with Crippen molar-refractivity contribution in [1.82, 2.24) is 46.7 Å². The summed E-state index contributed by atoms with van der Waals surface area (Å²) in [4.78, 5) is 112. The summed E-state index contributed by atoms with van der Waals surface area (Å²) in [5.74, 6) is -6.68. The number of hydrogen-bond donors (Lipinski definition) is 12. The normalized spacial score (nSPS) is 19.8. The summed E-state index contributed by atoms with van der Waals surface area (Å²) in [6.07, 6.45) is 1.92. The Bertz CT molecular complexity index is 4040. The molecule has 15 bridgehead atoms. The van der Waals surface area contributed by atoms with Crippen molar-refractivity contribution in [2.45, 2.75) is 61.6 Å². The van der Waals surface area contributed by atoms with Crippen LogP contribution in [0.2, 0.25) is 0 Å². The number of hydrogen-bond acceptors (Lipinski definition) is 15. The first-order valence-corrected chi connectivity index (χ1v) is 28.6. The average Bonchev–Trinajstić information content (AvgIpc) is 2.26. The van der Waals surface area contributed by atoms with Crippen LogP contribution in [-0.2, 0) is 46.4 Å². The lowest BCUT2D eigenvalue weighted by molar-refractivity contribution is -0.143. The van der Waals surface area contributed by atoms with Crippen molar-refractivity contribution >= 4 is 52.3 Å². The van der Waals surface area contributed by atoms with Crippen LogP contribution < -0.4 is 47.1 Å². The van der Waals surface area contributed by atoms with E-state index in [4.69, 9.17) is 15.2 Å². The molecule has 0 spiro atoms. The lowest BCUT2D eigenvalue weighted by Crippen LogP contribution is -2.55. The van der Waals surface area contributed by atoms with Crippen molar-refractivity contribution in [3.05, 3.63) is 191 Å². The second kappa shape index (κ2) is 25.2. The van der Waals surface area contributed by atoms with E-state index in [0.29, 0.717) is 46.1 Å². The van der Waals surface area contributed by atoms with Gasteiger partial charge in [-0.25, -0.2) is 0 Å². The number of phenols is 4. The van der Waals surface area contributed by atoms with Crippen molar-refractivity contribution in [2.75, 3.05) is 34.2 Å². The molecular weight excluding hydrogens is 1140 g/mol. The van der Waals surface area contributed by atoms with Gasteiger partial charge in [0.15, 0.2) is 23.0 Å². The molecule has 23 nitrogen and oxygen atoms in total. The van der Waals surface area contributed by atoms with Crippen molar-refractivity contribution < 1.29 is 63.5 Å². The number of carbonyl (C=O) groups is 7. The summed E-state index contributed by atoms with van der Waals surface area (Å²) in [6.45, 7) is 0.896. The number of fused-ring (bicyclic) bond motifs is 14. The molecule has 89 heavy (non-hydrogen) atoms. The molecule has 1 aromatic heterocycles.